The van der Waals surface area contributed by atoms with Gasteiger partial charge in [-0.3, -0.25) is 0 Å². The second-order valence-corrected chi connectivity index (χ2v) is 5.51. The molecule has 0 saturated heterocycles. The van der Waals surface area contributed by atoms with Gasteiger partial charge in [0.15, 0.2) is 0 Å². The Labute approximate surface area is 128 Å². The summed E-state index contributed by atoms with van der Waals surface area (Å²) in [5.74, 6) is -1.03. The largest absolute Gasteiger partial charge is 0.310 e. The lowest BCUT2D eigenvalue weighted by atomic mass is 9.97. The fraction of sp³-hybridized carbons (Fsp3) is 0.294. The molecule has 2 aromatic carbocycles. The Balaban J connectivity index is 2.35. The average Bonchev–Trinajstić information content (AvgIpc) is 2.40. The summed E-state index contributed by atoms with van der Waals surface area (Å²) < 4.78 is 27.7. The first kappa shape index (κ1) is 15.9. The van der Waals surface area contributed by atoms with Crippen LogP contribution in [0.3, 0.4) is 0 Å². The van der Waals surface area contributed by atoms with E-state index >= 15 is 0 Å². The highest BCUT2D eigenvalue weighted by molar-refractivity contribution is 6.30. The Hall–Kier alpha value is -1.45. The quantitative estimate of drug-likeness (QED) is 0.835. The van der Waals surface area contributed by atoms with Crippen molar-refractivity contribution in [1.29, 1.82) is 0 Å². The van der Waals surface area contributed by atoms with E-state index in [-0.39, 0.29) is 18.0 Å². The minimum atomic E-state index is -0.517. The van der Waals surface area contributed by atoms with Crippen molar-refractivity contribution in [1.82, 2.24) is 5.32 Å². The molecule has 0 aliphatic heterocycles. The van der Waals surface area contributed by atoms with Crippen LogP contribution < -0.4 is 5.32 Å². The fourth-order valence-electron chi connectivity index (χ4n) is 2.45. The van der Waals surface area contributed by atoms with Gasteiger partial charge in [0.1, 0.15) is 11.6 Å². The van der Waals surface area contributed by atoms with Crippen LogP contribution >= 0.6 is 11.6 Å². The topological polar surface area (TPSA) is 12.0 Å². The number of hydrogen-bond donors (Lipinski definition) is 1. The highest BCUT2D eigenvalue weighted by atomic mass is 35.5. The van der Waals surface area contributed by atoms with Crippen molar-refractivity contribution in [2.24, 2.45) is 0 Å². The molecule has 2 rings (SSSR count). The van der Waals surface area contributed by atoms with E-state index in [9.17, 15) is 8.78 Å². The van der Waals surface area contributed by atoms with Crippen molar-refractivity contribution in [2.45, 2.75) is 26.3 Å². The van der Waals surface area contributed by atoms with Crippen molar-refractivity contribution < 1.29 is 8.78 Å². The van der Waals surface area contributed by atoms with Crippen LogP contribution in [0.5, 0.6) is 0 Å². The zero-order valence-electron chi connectivity index (χ0n) is 12.1. The first-order valence-electron chi connectivity index (χ1n) is 6.94. The van der Waals surface area contributed by atoms with Crippen LogP contribution in [0.15, 0.2) is 36.4 Å². The van der Waals surface area contributed by atoms with Gasteiger partial charge in [-0.15, -0.1) is 0 Å². The van der Waals surface area contributed by atoms with Gasteiger partial charge in [-0.2, -0.15) is 0 Å². The van der Waals surface area contributed by atoms with Gasteiger partial charge >= 0.3 is 0 Å². The molecule has 0 aliphatic carbocycles. The summed E-state index contributed by atoms with van der Waals surface area (Å²) in [5, 5.41) is 3.89. The summed E-state index contributed by atoms with van der Waals surface area (Å²) in [5.41, 5.74) is 2.06. The summed E-state index contributed by atoms with van der Waals surface area (Å²) >= 11 is 6.08. The number of benzene rings is 2. The number of rotatable bonds is 5. The van der Waals surface area contributed by atoms with E-state index in [0.29, 0.717) is 11.6 Å². The highest BCUT2D eigenvalue weighted by Crippen LogP contribution is 2.25. The van der Waals surface area contributed by atoms with Crippen LogP contribution in [0, 0.1) is 18.6 Å². The molecule has 4 heteroatoms. The molecular formula is C17H18ClF2N. The van der Waals surface area contributed by atoms with Gasteiger partial charge < -0.3 is 5.32 Å². The molecule has 1 unspecified atom stereocenters. The number of hydrogen-bond acceptors (Lipinski definition) is 1. The summed E-state index contributed by atoms with van der Waals surface area (Å²) in [6.07, 6.45) is 0.242. The molecule has 0 aromatic heterocycles. The van der Waals surface area contributed by atoms with Crippen LogP contribution in [-0.2, 0) is 6.42 Å². The minimum absolute atomic E-state index is 0.0982. The Bertz CT molecular complexity index is 588. The van der Waals surface area contributed by atoms with E-state index < -0.39 is 11.6 Å². The van der Waals surface area contributed by atoms with Crippen LogP contribution in [-0.4, -0.2) is 6.54 Å². The molecule has 1 N–H and O–H groups in total. The highest BCUT2D eigenvalue weighted by Gasteiger charge is 2.17. The molecule has 0 amide bonds. The molecular weight excluding hydrogens is 292 g/mol. The summed E-state index contributed by atoms with van der Waals surface area (Å²) in [7, 11) is 0. The molecule has 1 atom stereocenters. The number of aryl methyl sites for hydroxylation is 1. The Morgan fingerprint density at radius 1 is 1.14 bits per heavy atom. The first-order valence-corrected chi connectivity index (χ1v) is 7.32. The van der Waals surface area contributed by atoms with Crippen LogP contribution in [0.25, 0.3) is 0 Å². The molecule has 0 saturated carbocycles. The number of nitrogens with one attached hydrogen (secondary N) is 1. The van der Waals surface area contributed by atoms with Crippen molar-refractivity contribution in [3.63, 3.8) is 0 Å². The van der Waals surface area contributed by atoms with Gasteiger partial charge in [0.05, 0.1) is 0 Å². The third-order valence-corrected chi connectivity index (χ3v) is 3.61. The van der Waals surface area contributed by atoms with E-state index in [1.54, 1.807) is 0 Å². The van der Waals surface area contributed by atoms with Crippen molar-refractivity contribution >= 4 is 11.6 Å². The SMILES string of the molecule is CCNC(Cc1c(F)cccc1F)c1cc(C)cc(Cl)c1. The van der Waals surface area contributed by atoms with Gasteiger partial charge in [-0.25, -0.2) is 8.78 Å². The predicted molar refractivity (Wildman–Crippen MR) is 82.7 cm³/mol. The van der Waals surface area contributed by atoms with Crippen molar-refractivity contribution in [3.05, 3.63) is 69.7 Å². The van der Waals surface area contributed by atoms with E-state index in [2.05, 4.69) is 5.32 Å². The van der Waals surface area contributed by atoms with Gasteiger partial charge in [0.25, 0.3) is 0 Å². The molecule has 0 spiro atoms. The predicted octanol–water partition coefficient (Wildman–Crippen LogP) is 4.82. The van der Waals surface area contributed by atoms with Crippen LogP contribution in [0.1, 0.15) is 29.7 Å². The van der Waals surface area contributed by atoms with Crippen LogP contribution in [0.2, 0.25) is 5.02 Å². The van der Waals surface area contributed by atoms with Gasteiger partial charge in [-0.05, 0) is 55.3 Å². The maximum Gasteiger partial charge on any atom is 0.129 e. The zero-order valence-corrected chi connectivity index (χ0v) is 12.8. The lowest BCUT2D eigenvalue weighted by Gasteiger charge is -2.20. The second-order valence-electron chi connectivity index (χ2n) is 5.08. The van der Waals surface area contributed by atoms with E-state index in [1.165, 1.54) is 18.2 Å². The normalized spacial score (nSPS) is 12.4. The summed E-state index contributed by atoms with van der Waals surface area (Å²) in [4.78, 5) is 0. The molecule has 0 bridgehead atoms. The zero-order chi connectivity index (χ0) is 15.4. The first-order chi connectivity index (χ1) is 10.0. The lowest BCUT2D eigenvalue weighted by molar-refractivity contribution is 0.499. The number of likely N-dealkylation sites (N-methyl/N-ethyl adjacent to an activating group) is 1. The van der Waals surface area contributed by atoms with Crippen LogP contribution in [0.4, 0.5) is 8.78 Å². The monoisotopic (exact) mass is 309 g/mol. The molecule has 0 fully saturated rings. The van der Waals surface area contributed by atoms with Gasteiger partial charge in [0.2, 0.25) is 0 Å². The molecule has 0 aliphatic rings. The van der Waals surface area contributed by atoms with Crippen molar-refractivity contribution in [3.8, 4) is 0 Å². The Morgan fingerprint density at radius 2 is 1.81 bits per heavy atom. The molecule has 2 aromatic rings. The van der Waals surface area contributed by atoms with Gasteiger partial charge in [0, 0.05) is 16.6 Å². The fourth-order valence-corrected chi connectivity index (χ4v) is 2.75. The van der Waals surface area contributed by atoms with Gasteiger partial charge in [-0.1, -0.05) is 30.7 Å². The van der Waals surface area contributed by atoms with E-state index in [1.807, 2.05) is 32.0 Å². The third kappa shape index (κ3) is 4.02. The average molecular weight is 310 g/mol. The van der Waals surface area contributed by atoms with E-state index in [0.717, 1.165) is 11.1 Å². The van der Waals surface area contributed by atoms with Crippen molar-refractivity contribution in [2.75, 3.05) is 6.54 Å². The Kier molecular flexibility index (Phi) is 5.32. The summed E-state index contributed by atoms with van der Waals surface area (Å²) in [6.45, 7) is 4.61. The molecule has 1 nitrogen and oxygen atoms in total. The standard InChI is InChI=1S/C17H18ClF2N/c1-3-21-17(12-7-11(2)8-13(18)9-12)10-14-15(19)5-4-6-16(14)20/h4-9,17,21H,3,10H2,1-2H3. The Morgan fingerprint density at radius 3 is 2.38 bits per heavy atom. The minimum Gasteiger partial charge on any atom is -0.310 e. The molecule has 21 heavy (non-hydrogen) atoms. The third-order valence-electron chi connectivity index (χ3n) is 3.39. The molecule has 112 valence electrons. The summed E-state index contributed by atoms with van der Waals surface area (Å²) in [6, 6.07) is 9.43. The maximum atomic E-state index is 13.8. The number of halogens is 3. The lowest BCUT2D eigenvalue weighted by Crippen LogP contribution is -2.24. The second kappa shape index (κ2) is 7.01. The molecule has 0 heterocycles. The maximum absolute atomic E-state index is 13.8. The molecule has 0 radical (unpaired) electrons. The van der Waals surface area contributed by atoms with E-state index in [4.69, 9.17) is 11.6 Å². The smallest absolute Gasteiger partial charge is 0.129 e.